The van der Waals surface area contributed by atoms with E-state index in [1.807, 2.05) is 18.2 Å². The summed E-state index contributed by atoms with van der Waals surface area (Å²) in [7, 11) is 1.51. The van der Waals surface area contributed by atoms with Gasteiger partial charge in [-0.3, -0.25) is 4.79 Å². The molecule has 0 aliphatic rings. The maximum Gasteiger partial charge on any atom is 0.313 e. The van der Waals surface area contributed by atoms with Gasteiger partial charge in [0.15, 0.2) is 0 Å². The minimum atomic E-state index is -0.368. The molecule has 0 spiro atoms. The lowest BCUT2D eigenvalue weighted by atomic mass is 9.67. The van der Waals surface area contributed by atoms with Crippen molar-refractivity contribution in [2.45, 2.75) is 39.5 Å². The molecule has 2 aromatic carbocycles. The van der Waals surface area contributed by atoms with Gasteiger partial charge in [-0.15, -0.1) is 0 Å². The molecule has 2 nitrogen and oxygen atoms in total. The quantitative estimate of drug-likeness (QED) is 0.299. The summed E-state index contributed by atoms with van der Waals surface area (Å²) in [6, 6.07) is 23.1. The van der Waals surface area contributed by atoms with Crippen LogP contribution in [0.4, 0.5) is 0 Å². The Kier molecular flexibility index (Phi) is 8.87. The van der Waals surface area contributed by atoms with Crippen LogP contribution < -0.4 is 0 Å². The summed E-state index contributed by atoms with van der Waals surface area (Å²) in [4.78, 5) is 13.5. The zero-order valence-corrected chi connectivity index (χ0v) is 20.3. The molecule has 0 N–H and O–H groups in total. The highest BCUT2D eigenvalue weighted by molar-refractivity contribution is 7.08. The first-order valence-electron chi connectivity index (χ1n) is 11.5. The Hall–Kier alpha value is -2.65. The normalized spacial score (nSPS) is 14.7. The van der Waals surface area contributed by atoms with Gasteiger partial charge in [0.1, 0.15) is 0 Å². The van der Waals surface area contributed by atoms with E-state index in [2.05, 4.69) is 86.1 Å². The molecule has 3 unspecified atom stereocenters. The van der Waals surface area contributed by atoms with Gasteiger partial charge in [-0.1, -0.05) is 87.5 Å². The van der Waals surface area contributed by atoms with Crippen LogP contribution in [-0.4, -0.2) is 13.1 Å². The molecular weight excluding hydrogens is 412 g/mol. The van der Waals surface area contributed by atoms with Gasteiger partial charge in [0.05, 0.1) is 13.0 Å². The number of benzene rings is 2. The number of hydrogen-bond acceptors (Lipinski definition) is 3. The number of esters is 1. The van der Waals surface area contributed by atoms with Crippen molar-refractivity contribution in [3.8, 4) is 0 Å². The van der Waals surface area contributed by atoms with E-state index in [4.69, 9.17) is 4.74 Å². The molecule has 0 radical (unpaired) electrons. The van der Waals surface area contributed by atoms with E-state index in [1.54, 1.807) is 11.3 Å². The SMILES string of the molecule is CCC=C(c1ccccc1)C(C(=O)OC)C(c1ccsc1)C(Cc1ccccc1)C(C)C. The number of carbonyl (C=O) groups is 1. The molecule has 1 aromatic heterocycles. The lowest BCUT2D eigenvalue weighted by Crippen LogP contribution is -2.33. The molecule has 0 saturated heterocycles. The maximum atomic E-state index is 13.5. The predicted molar refractivity (Wildman–Crippen MR) is 136 cm³/mol. The number of methoxy groups -OCH3 is 1. The Bertz CT molecular complexity index is 975. The fraction of sp³-hybridized carbons (Fsp3) is 0.345. The molecule has 3 atom stereocenters. The third-order valence-corrected chi connectivity index (χ3v) is 6.94. The molecular formula is C29H34O2S. The van der Waals surface area contributed by atoms with Crippen molar-refractivity contribution in [3.63, 3.8) is 0 Å². The Balaban J connectivity index is 2.16. The van der Waals surface area contributed by atoms with Crippen LogP contribution in [0.25, 0.3) is 5.57 Å². The van der Waals surface area contributed by atoms with E-state index in [9.17, 15) is 4.79 Å². The second-order valence-electron chi connectivity index (χ2n) is 8.61. The van der Waals surface area contributed by atoms with E-state index in [0.717, 1.165) is 24.0 Å². The van der Waals surface area contributed by atoms with E-state index < -0.39 is 0 Å². The van der Waals surface area contributed by atoms with E-state index in [1.165, 1.54) is 18.2 Å². The number of hydrogen-bond donors (Lipinski definition) is 0. The van der Waals surface area contributed by atoms with Gasteiger partial charge in [0.25, 0.3) is 0 Å². The Labute approximate surface area is 197 Å². The lowest BCUT2D eigenvalue weighted by Gasteiger charge is -2.36. The van der Waals surface area contributed by atoms with Crippen molar-refractivity contribution in [2.75, 3.05) is 7.11 Å². The number of carbonyl (C=O) groups excluding carboxylic acids is 1. The first-order valence-corrected chi connectivity index (χ1v) is 12.4. The van der Waals surface area contributed by atoms with Gasteiger partial charge in [0, 0.05) is 5.92 Å². The molecule has 0 amide bonds. The largest absolute Gasteiger partial charge is 0.469 e. The van der Waals surface area contributed by atoms with E-state index >= 15 is 0 Å². The highest BCUT2D eigenvalue weighted by atomic mass is 32.1. The number of thiophene rings is 1. The highest BCUT2D eigenvalue weighted by Gasteiger charge is 2.40. The van der Waals surface area contributed by atoms with Crippen LogP contribution in [-0.2, 0) is 16.0 Å². The zero-order valence-electron chi connectivity index (χ0n) is 19.5. The molecule has 0 bridgehead atoms. The first kappa shape index (κ1) is 24.0. The van der Waals surface area contributed by atoms with E-state index in [0.29, 0.717) is 5.92 Å². The average molecular weight is 447 g/mol. The highest BCUT2D eigenvalue weighted by Crippen LogP contribution is 2.45. The summed E-state index contributed by atoms with van der Waals surface area (Å²) in [5, 5.41) is 4.32. The molecule has 0 saturated carbocycles. The zero-order chi connectivity index (χ0) is 22.9. The fourth-order valence-electron chi connectivity index (χ4n) is 4.68. The number of allylic oxidation sites excluding steroid dienone is 1. The van der Waals surface area contributed by atoms with Crippen LogP contribution in [0, 0.1) is 17.8 Å². The summed E-state index contributed by atoms with van der Waals surface area (Å²) in [5.74, 6) is 0.161. The lowest BCUT2D eigenvalue weighted by molar-refractivity contribution is -0.144. The molecule has 0 aliphatic carbocycles. The maximum absolute atomic E-state index is 13.5. The van der Waals surface area contributed by atoms with Crippen molar-refractivity contribution < 1.29 is 9.53 Å². The Morgan fingerprint density at radius 3 is 2.19 bits per heavy atom. The van der Waals surface area contributed by atoms with Crippen molar-refractivity contribution in [1.82, 2.24) is 0 Å². The van der Waals surface area contributed by atoms with Crippen LogP contribution in [0.3, 0.4) is 0 Å². The summed E-state index contributed by atoms with van der Waals surface area (Å²) in [6.07, 6.45) is 3.98. The molecule has 1 heterocycles. The molecule has 3 aromatic rings. The molecule has 168 valence electrons. The van der Waals surface area contributed by atoms with Crippen LogP contribution in [0.5, 0.6) is 0 Å². The minimum Gasteiger partial charge on any atom is -0.469 e. The van der Waals surface area contributed by atoms with Gasteiger partial charge >= 0.3 is 5.97 Å². The van der Waals surface area contributed by atoms with Crippen molar-refractivity contribution in [3.05, 3.63) is 100 Å². The molecule has 3 heteroatoms. The minimum absolute atomic E-state index is 0.0203. The monoisotopic (exact) mass is 446 g/mol. The van der Waals surface area contributed by atoms with Gasteiger partial charge in [-0.05, 0) is 63.8 Å². The van der Waals surface area contributed by atoms with E-state index in [-0.39, 0.29) is 23.7 Å². The van der Waals surface area contributed by atoms with Gasteiger partial charge < -0.3 is 4.74 Å². The van der Waals surface area contributed by atoms with Crippen LogP contribution in [0.2, 0.25) is 0 Å². The van der Waals surface area contributed by atoms with Gasteiger partial charge in [-0.2, -0.15) is 11.3 Å². The molecule has 32 heavy (non-hydrogen) atoms. The molecule has 0 aliphatic heterocycles. The number of rotatable bonds is 10. The Morgan fingerprint density at radius 1 is 1.00 bits per heavy atom. The van der Waals surface area contributed by atoms with Crippen molar-refractivity contribution in [2.24, 2.45) is 17.8 Å². The van der Waals surface area contributed by atoms with Crippen LogP contribution in [0.1, 0.15) is 49.8 Å². The smallest absolute Gasteiger partial charge is 0.313 e. The standard InChI is InChI=1S/C29H34O2S/c1-5-12-25(23-15-10-7-11-16-23)28(29(30)31-4)27(24-17-18-32-20-24)26(21(2)3)19-22-13-8-6-9-14-22/h6-18,20-21,26-28H,5,19H2,1-4H3. The predicted octanol–water partition coefficient (Wildman–Crippen LogP) is 7.63. The average Bonchev–Trinajstić information content (AvgIpc) is 3.35. The second kappa shape index (κ2) is 11.8. The Morgan fingerprint density at radius 2 is 1.66 bits per heavy atom. The van der Waals surface area contributed by atoms with Gasteiger partial charge in [0.2, 0.25) is 0 Å². The van der Waals surface area contributed by atoms with Crippen LogP contribution >= 0.6 is 11.3 Å². The molecule has 3 rings (SSSR count). The first-order chi connectivity index (χ1) is 15.6. The molecule has 0 fully saturated rings. The summed E-state index contributed by atoms with van der Waals surface area (Å²) in [5.41, 5.74) is 4.68. The summed E-state index contributed by atoms with van der Waals surface area (Å²) < 4.78 is 5.44. The van der Waals surface area contributed by atoms with Crippen LogP contribution in [0.15, 0.2) is 83.6 Å². The summed E-state index contributed by atoms with van der Waals surface area (Å²) in [6.45, 7) is 6.67. The van der Waals surface area contributed by atoms with Gasteiger partial charge in [-0.25, -0.2) is 0 Å². The van der Waals surface area contributed by atoms with Crippen molar-refractivity contribution in [1.29, 1.82) is 0 Å². The second-order valence-corrected chi connectivity index (χ2v) is 9.39. The fourth-order valence-corrected chi connectivity index (χ4v) is 5.39. The number of ether oxygens (including phenoxy) is 1. The summed E-state index contributed by atoms with van der Waals surface area (Å²) >= 11 is 1.69. The third kappa shape index (κ3) is 5.77. The topological polar surface area (TPSA) is 26.3 Å². The third-order valence-electron chi connectivity index (χ3n) is 6.24. The van der Waals surface area contributed by atoms with Crippen molar-refractivity contribution >= 4 is 22.9 Å².